The molecular weight excluding hydrogens is 270 g/mol. The number of likely N-dealkylation sites (tertiary alicyclic amines) is 3. The van der Waals surface area contributed by atoms with E-state index in [4.69, 9.17) is 0 Å². The van der Waals surface area contributed by atoms with Crippen molar-refractivity contribution in [2.75, 3.05) is 39.3 Å². The summed E-state index contributed by atoms with van der Waals surface area (Å²) in [6, 6.07) is 0.541. The third-order valence-corrected chi connectivity index (χ3v) is 5.29. The Labute approximate surface area is 125 Å². The van der Waals surface area contributed by atoms with E-state index in [-0.39, 0.29) is 11.9 Å². The van der Waals surface area contributed by atoms with Crippen LogP contribution in [0.25, 0.3) is 0 Å². The van der Waals surface area contributed by atoms with Crippen molar-refractivity contribution in [3.8, 4) is 0 Å². The van der Waals surface area contributed by atoms with Gasteiger partial charge >= 0.3 is 12.0 Å². The van der Waals surface area contributed by atoms with Gasteiger partial charge in [0, 0.05) is 32.2 Å². The summed E-state index contributed by atoms with van der Waals surface area (Å²) in [5.74, 6) is -1.15. The molecule has 3 atom stereocenters. The van der Waals surface area contributed by atoms with E-state index in [9.17, 15) is 14.7 Å². The minimum absolute atomic E-state index is 0.0345. The maximum absolute atomic E-state index is 12.6. The van der Waals surface area contributed by atoms with Gasteiger partial charge in [-0.15, -0.1) is 0 Å². The van der Waals surface area contributed by atoms with Crippen molar-refractivity contribution in [2.24, 2.45) is 11.8 Å². The van der Waals surface area contributed by atoms with E-state index in [0.29, 0.717) is 19.1 Å². The molecule has 118 valence electrons. The first kappa shape index (κ1) is 14.6. The molecule has 0 aromatic carbocycles. The SMILES string of the molecule is CC1CN(C(=O)N2CCC(N3CCCC3)C2)CC1C(=O)O. The zero-order valence-electron chi connectivity index (χ0n) is 12.7. The molecule has 3 rings (SSSR count). The largest absolute Gasteiger partial charge is 0.481 e. The lowest BCUT2D eigenvalue weighted by atomic mass is 9.99. The second-order valence-electron chi connectivity index (χ2n) is 6.74. The summed E-state index contributed by atoms with van der Waals surface area (Å²) >= 11 is 0. The molecule has 0 aromatic heterocycles. The molecule has 3 saturated heterocycles. The Hall–Kier alpha value is -1.30. The van der Waals surface area contributed by atoms with Crippen LogP contribution in [0.2, 0.25) is 0 Å². The van der Waals surface area contributed by atoms with Gasteiger partial charge in [0.05, 0.1) is 5.92 Å². The lowest BCUT2D eigenvalue weighted by Crippen LogP contribution is -2.43. The molecule has 21 heavy (non-hydrogen) atoms. The number of urea groups is 1. The van der Waals surface area contributed by atoms with E-state index in [1.54, 1.807) is 4.90 Å². The number of carboxylic acids is 1. The van der Waals surface area contributed by atoms with Crippen LogP contribution in [-0.4, -0.2) is 77.1 Å². The van der Waals surface area contributed by atoms with Gasteiger partial charge in [-0.05, 0) is 38.3 Å². The Balaban J connectivity index is 1.55. The van der Waals surface area contributed by atoms with E-state index in [1.807, 2.05) is 11.8 Å². The summed E-state index contributed by atoms with van der Waals surface area (Å²) in [4.78, 5) is 29.9. The van der Waals surface area contributed by atoms with Crippen LogP contribution < -0.4 is 0 Å². The lowest BCUT2D eigenvalue weighted by Gasteiger charge is -2.26. The molecule has 0 saturated carbocycles. The molecule has 3 heterocycles. The summed E-state index contributed by atoms with van der Waals surface area (Å²) in [7, 11) is 0. The average Bonchev–Trinajstić information content (AvgIpc) is 3.17. The van der Waals surface area contributed by atoms with Gasteiger partial charge < -0.3 is 14.9 Å². The summed E-state index contributed by atoms with van der Waals surface area (Å²) in [5.41, 5.74) is 0. The molecule has 1 N–H and O–H groups in total. The molecule has 0 spiro atoms. The third-order valence-electron chi connectivity index (χ3n) is 5.29. The van der Waals surface area contributed by atoms with Crippen molar-refractivity contribution < 1.29 is 14.7 Å². The van der Waals surface area contributed by atoms with Crippen molar-refractivity contribution in [1.82, 2.24) is 14.7 Å². The van der Waals surface area contributed by atoms with Gasteiger partial charge in [0.1, 0.15) is 0 Å². The van der Waals surface area contributed by atoms with E-state index >= 15 is 0 Å². The van der Waals surface area contributed by atoms with Crippen LogP contribution in [0, 0.1) is 11.8 Å². The number of amides is 2. The zero-order chi connectivity index (χ0) is 15.0. The highest BCUT2D eigenvalue weighted by molar-refractivity contribution is 5.78. The molecule has 3 aliphatic rings. The van der Waals surface area contributed by atoms with Gasteiger partial charge in [-0.1, -0.05) is 6.92 Å². The number of nitrogens with zero attached hydrogens (tertiary/aromatic N) is 3. The molecule has 2 amide bonds. The first-order valence-corrected chi connectivity index (χ1v) is 8.07. The predicted molar refractivity (Wildman–Crippen MR) is 78.0 cm³/mol. The highest BCUT2D eigenvalue weighted by Gasteiger charge is 2.40. The van der Waals surface area contributed by atoms with Gasteiger partial charge in [-0.3, -0.25) is 9.69 Å². The number of hydrogen-bond donors (Lipinski definition) is 1. The Morgan fingerprint density at radius 3 is 2.33 bits per heavy atom. The Morgan fingerprint density at radius 1 is 1.00 bits per heavy atom. The molecule has 0 radical (unpaired) electrons. The van der Waals surface area contributed by atoms with E-state index in [1.165, 1.54) is 12.8 Å². The van der Waals surface area contributed by atoms with Gasteiger partial charge in [0.2, 0.25) is 0 Å². The quantitative estimate of drug-likeness (QED) is 0.823. The zero-order valence-corrected chi connectivity index (χ0v) is 12.7. The molecular formula is C15H25N3O3. The van der Waals surface area contributed by atoms with Crippen LogP contribution in [0.4, 0.5) is 4.79 Å². The monoisotopic (exact) mass is 295 g/mol. The Kier molecular flexibility index (Phi) is 4.06. The predicted octanol–water partition coefficient (Wildman–Crippen LogP) is 0.929. The number of carbonyl (C=O) groups excluding carboxylic acids is 1. The molecule has 0 aromatic rings. The van der Waals surface area contributed by atoms with Gasteiger partial charge in [0.25, 0.3) is 0 Å². The highest BCUT2D eigenvalue weighted by atomic mass is 16.4. The fourth-order valence-corrected chi connectivity index (χ4v) is 3.96. The summed E-state index contributed by atoms with van der Waals surface area (Å²) < 4.78 is 0. The fraction of sp³-hybridized carbons (Fsp3) is 0.867. The van der Waals surface area contributed by atoms with Crippen molar-refractivity contribution >= 4 is 12.0 Å². The molecule has 3 fully saturated rings. The van der Waals surface area contributed by atoms with Crippen LogP contribution in [0.5, 0.6) is 0 Å². The van der Waals surface area contributed by atoms with Crippen molar-refractivity contribution in [2.45, 2.75) is 32.2 Å². The van der Waals surface area contributed by atoms with Crippen molar-refractivity contribution in [3.63, 3.8) is 0 Å². The number of aliphatic carboxylic acids is 1. The second kappa shape index (κ2) is 5.83. The maximum Gasteiger partial charge on any atom is 0.320 e. The normalized spacial score (nSPS) is 33.9. The summed E-state index contributed by atoms with van der Waals surface area (Å²) in [6.07, 6.45) is 3.60. The van der Waals surface area contributed by atoms with E-state index < -0.39 is 11.9 Å². The number of hydrogen-bond acceptors (Lipinski definition) is 3. The highest BCUT2D eigenvalue weighted by Crippen LogP contribution is 2.26. The fourth-order valence-electron chi connectivity index (χ4n) is 3.96. The van der Waals surface area contributed by atoms with Gasteiger partial charge in [0.15, 0.2) is 0 Å². The molecule has 6 nitrogen and oxygen atoms in total. The molecule has 3 unspecified atom stereocenters. The minimum Gasteiger partial charge on any atom is -0.481 e. The minimum atomic E-state index is -0.783. The first-order chi connectivity index (χ1) is 10.1. The smallest absolute Gasteiger partial charge is 0.320 e. The molecule has 0 aliphatic carbocycles. The Morgan fingerprint density at radius 2 is 1.71 bits per heavy atom. The Bertz CT molecular complexity index is 422. The van der Waals surface area contributed by atoms with Crippen LogP contribution in [0.1, 0.15) is 26.2 Å². The van der Waals surface area contributed by atoms with Crippen LogP contribution in [-0.2, 0) is 4.79 Å². The molecule has 0 bridgehead atoms. The van der Waals surface area contributed by atoms with E-state index in [0.717, 1.165) is 32.6 Å². The maximum atomic E-state index is 12.6. The average molecular weight is 295 g/mol. The number of rotatable bonds is 2. The van der Waals surface area contributed by atoms with E-state index in [2.05, 4.69) is 4.90 Å². The summed E-state index contributed by atoms with van der Waals surface area (Å²) in [5, 5.41) is 9.18. The summed E-state index contributed by atoms with van der Waals surface area (Å²) in [6.45, 7) is 6.79. The number of carbonyl (C=O) groups is 2. The third kappa shape index (κ3) is 2.86. The van der Waals surface area contributed by atoms with Crippen molar-refractivity contribution in [1.29, 1.82) is 0 Å². The van der Waals surface area contributed by atoms with Gasteiger partial charge in [-0.25, -0.2) is 4.79 Å². The van der Waals surface area contributed by atoms with Crippen molar-refractivity contribution in [3.05, 3.63) is 0 Å². The van der Waals surface area contributed by atoms with Gasteiger partial charge in [-0.2, -0.15) is 0 Å². The lowest BCUT2D eigenvalue weighted by molar-refractivity contribution is -0.142. The first-order valence-electron chi connectivity index (χ1n) is 8.07. The van der Waals surface area contributed by atoms with Crippen LogP contribution in [0.3, 0.4) is 0 Å². The topological polar surface area (TPSA) is 64.1 Å². The standard InChI is InChI=1S/C15H25N3O3/c1-11-8-18(10-13(11)14(19)20)15(21)17-7-4-12(9-17)16-5-2-3-6-16/h11-13H,2-10H2,1H3,(H,19,20). The number of carboxylic acid groups (broad SMARTS) is 1. The van der Waals surface area contributed by atoms with Crippen LogP contribution >= 0.6 is 0 Å². The second-order valence-corrected chi connectivity index (χ2v) is 6.74. The molecule has 6 heteroatoms. The van der Waals surface area contributed by atoms with Crippen LogP contribution in [0.15, 0.2) is 0 Å². The molecule has 3 aliphatic heterocycles.